The largest absolute Gasteiger partial charge is 0.322 e. The quantitative estimate of drug-likeness (QED) is 0.653. The minimum absolute atomic E-state index is 0.0761. The minimum atomic E-state index is -0.542. The Hall–Kier alpha value is -2.06. The number of carbonyl (C=O) groups excluding carboxylic acids is 1. The molecule has 1 aliphatic rings. The lowest BCUT2D eigenvalue weighted by molar-refractivity contribution is -0.116. The summed E-state index contributed by atoms with van der Waals surface area (Å²) in [4.78, 5) is 31.6. The number of benzene rings is 1. The fourth-order valence-electron chi connectivity index (χ4n) is 3.41. The molecule has 0 radical (unpaired) electrons. The van der Waals surface area contributed by atoms with E-state index in [0.29, 0.717) is 15.8 Å². The maximum absolute atomic E-state index is 13.9. The Morgan fingerprint density at radius 2 is 2.30 bits per heavy atom. The van der Waals surface area contributed by atoms with Crippen molar-refractivity contribution in [3.8, 4) is 0 Å². The Bertz CT molecular complexity index is 1110. The van der Waals surface area contributed by atoms with Gasteiger partial charge in [-0.1, -0.05) is 22.9 Å². The molecule has 0 spiro atoms. The van der Waals surface area contributed by atoms with E-state index in [1.165, 1.54) is 27.9 Å². The average Bonchev–Trinajstić information content (AvgIpc) is 2.98. The van der Waals surface area contributed by atoms with Crippen LogP contribution in [0.4, 0.5) is 10.1 Å². The number of nitrogens with one attached hydrogen (secondary N) is 1. The van der Waals surface area contributed by atoms with Gasteiger partial charge in [-0.3, -0.25) is 14.2 Å². The van der Waals surface area contributed by atoms with E-state index in [9.17, 15) is 14.0 Å². The number of anilines is 1. The van der Waals surface area contributed by atoms with Gasteiger partial charge in [0.2, 0.25) is 5.91 Å². The van der Waals surface area contributed by atoms with Gasteiger partial charge in [0.05, 0.1) is 17.4 Å². The Morgan fingerprint density at radius 1 is 1.48 bits per heavy atom. The number of hydrogen-bond donors (Lipinski definition) is 1. The van der Waals surface area contributed by atoms with E-state index in [2.05, 4.69) is 33.2 Å². The summed E-state index contributed by atoms with van der Waals surface area (Å²) in [6.45, 7) is 2.00. The van der Waals surface area contributed by atoms with E-state index in [1.54, 1.807) is 17.4 Å². The van der Waals surface area contributed by atoms with E-state index in [-0.39, 0.29) is 17.8 Å². The number of fused-ring (bicyclic) bond motifs is 3. The van der Waals surface area contributed by atoms with Crippen LogP contribution in [-0.2, 0) is 24.2 Å². The van der Waals surface area contributed by atoms with Crippen molar-refractivity contribution in [3.05, 3.63) is 55.6 Å². The number of halogens is 2. The fourth-order valence-corrected chi connectivity index (χ4v) is 5.09. The Labute approximate surface area is 167 Å². The maximum Gasteiger partial charge on any atom is 0.262 e. The summed E-state index contributed by atoms with van der Waals surface area (Å²) in [6, 6.07) is 4.38. The van der Waals surface area contributed by atoms with Crippen molar-refractivity contribution in [1.29, 1.82) is 0 Å². The number of carbonyl (C=O) groups is 1. The van der Waals surface area contributed by atoms with Crippen molar-refractivity contribution in [1.82, 2.24) is 9.55 Å². The van der Waals surface area contributed by atoms with Crippen molar-refractivity contribution in [2.45, 2.75) is 32.7 Å². The third-order valence-electron chi connectivity index (χ3n) is 4.80. The van der Waals surface area contributed by atoms with Gasteiger partial charge in [0.15, 0.2) is 0 Å². The number of rotatable bonds is 3. The first kappa shape index (κ1) is 18.3. The molecule has 8 heteroatoms. The van der Waals surface area contributed by atoms with Gasteiger partial charge in [0, 0.05) is 9.35 Å². The average molecular weight is 450 g/mol. The molecule has 1 atom stereocenters. The van der Waals surface area contributed by atoms with Crippen molar-refractivity contribution in [2.75, 3.05) is 5.32 Å². The van der Waals surface area contributed by atoms with E-state index in [1.807, 2.05) is 0 Å². The monoisotopic (exact) mass is 449 g/mol. The van der Waals surface area contributed by atoms with Crippen LogP contribution in [0.3, 0.4) is 0 Å². The first-order chi connectivity index (χ1) is 12.9. The van der Waals surface area contributed by atoms with Crippen LogP contribution in [0.5, 0.6) is 0 Å². The van der Waals surface area contributed by atoms with Gasteiger partial charge in [-0.05, 0) is 48.9 Å². The molecule has 0 saturated heterocycles. The van der Waals surface area contributed by atoms with Gasteiger partial charge in [-0.15, -0.1) is 11.3 Å². The van der Waals surface area contributed by atoms with Gasteiger partial charge < -0.3 is 5.32 Å². The highest BCUT2D eigenvalue weighted by Crippen LogP contribution is 2.35. The normalized spacial score (nSPS) is 16.3. The van der Waals surface area contributed by atoms with Crippen molar-refractivity contribution >= 4 is 49.1 Å². The highest BCUT2D eigenvalue weighted by atomic mass is 79.9. The zero-order valence-electron chi connectivity index (χ0n) is 14.6. The molecule has 27 heavy (non-hydrogen) atoms. The highest BCUT2D eigenvalue weighted by Gasteiger charge is 2.23. The van der Waals surface area contributed by atoms with Gasteiger partial charge in [0.25, 0.3) is 5.56 Å². The smallest absolute Gasteiger partial charge is 0.262 e. The second kappa shape index (κ2) is 7.16. The molecule has 5 nitrogen and oxygen atoms in total. The van der Waals surface area contributed by atoms with E-state index < -0.39 is 11.7 Å². The number of thiophene rings is 1. The fraction of sp³-hybridized carbons (Fsp3) is 0.316. The first-order valence-electron chi connectivity index (χ1n) is 8.67. The third-order valence-corrected chi connectivity index (χ3v) is 6.46. The topological polar surface area (TPSA) is 64.0 Å². The molecule has 0 bridgehead atoms. The van der Waals surface area contributed by atoms with Gasteiger partial charge in [-0.2, -0.15) is 0 Å². The molecule has 4 rings (SSSR count). The Morgan fingerprint density at radius 3 is 3.07 bits per heavy atom. The predicted octanol–water partition coefficient (Wildman–Crippen LogP) is 4.12. The Kier molecular flexibility index (Phi) is 4.86. The standard InChI is InChI=1S/C19H17BrFN3O2S/c1-10-2-4-12-15(6-10)27-18-17(12)19(26)24(9-22-18)8-16(25)23-14-5-3-11(20)7-13(14)21/h3,5,7,9-10H,2,4,6,8H2,1H3,(H,23,25). The summed E-state index contributed by atoms with van der Waals surface area (Å²) in [7, 11) is 0. The molecule has 3 aromatic rings. The highest BCUT2D eigenvalue weighted by molar-refractivity contribution is 9.10. The Balaban J connectivity index is 1.61. The number of nitrogens with zero attached hydrogens (tertiary/aromatic N) is 2. The van der Waals surface area contributed by atoms with Crippen molar-refractivity contribution < 1.29 is 9.18 Å². The zero-order valence-corrected chi connectivity index (χ0v) is 17.0. The lowest BCUT2D eigenvalue weighted by atomic mass is 9.89. The van der Waals surface area contributed by atoms with E-state index >= 15 is 0 Å². The van der Waals surface area contributed by atoms with Gasteiger partial charge in [-0.25, -0.2) is 9.37 Å². The molecular weight excluding hydrogens is 433 g/mol. The lowest BCUT2D eigenvalue weighted by Gasteiger charge is -2.17. The van der Waals surface area contributed by atoms with Crippen LogP contribution in [0.1, 0.15) is 23.8 Å². The molecule has 1 aromatic carbocycles. The number of amides is 1. The molecule has 140 valence electrons. The second-order valence-corrected chi connectivity index (χ2v) is 8.88. The van der Waals surface area contributed by atoms with Crippen molar-refractivity contribution in [2.24, 2.45) is 5.92 Å². The van der Waals surface area contributed by atoms with Crippen LogP contribution in [0.25, 0.3) is 10.2 Å². The van der Waals surface area contributed by atoms with Crippen LogP contribution in [0, 0.1) is 11.7 Å². The van der Waals surface area contributed by atoms with Crippen LogP contribution in [0.2, 0.25) is 0 Å². The van der Waals surface area contributed by atoms with E-state index in [0.717, 1.165) is 29.7 Å². The second-order valence-electron chi connectivity index (χ2n) is 6.88. The van der Waals surface area contributed by atoms with Crippen LogP contribution in [0.15, 0.2) is 33.8 Å². The molecule has 1 amide bonds. The lowest BCUT2D eigenvalue weighted by Crippen LogP contribution is -2.28. The van der Waals surface area contributed by atoms with Crippen LogP contribution >= 0.6 is 27.3 Å². The molecule has 2 heterocycles. The molecule has 1 unspecified atom stereocenters. The van der Waals surface area contributed by atoms with Crippen molar-refractivity contribution in [3.63, 3.8) is 0 Å². The number of hydrogen-bond acceptors (Lipinski definition) is 4. The van der Waals surface area contributed by atoms with Gasteiger partial charge in [0.1, 0.15) is 17.2 Å². The summed E-state index contributed by atoms with van der Waals surface area (Å²) in [6.07, 6.45) is 4.29. The molecular formula is C19H17BrFN3O2S. The maximum atomic E-state index is 13.9. The summed E-state index contributed by atoms with van der Waals surface area (Å²) in [5.74, 6) is -0.406. The molecule has 0 aliphatic heterocycles. The molecule has 1 N–H and O–H groups in total. The first-order valence-corrected chi connectivity index (χ1v) is 10.3. The molecule has 1 aliphatic carbocycles. The SMILES string of the molecule is CC1CCc2c(sc3ncn(CC(=O)Nc4ccc(Br)cc4F)c(=O)c23)C1. The number of aromatic nitrogens is 2. The molecule has 2 aromatic heterocycles. The molecule has 0 fully saturated rings. The number of aryl methyl sites for hydroxylation is 1. The van der Waals surface area contributed by atoms with Crippen LogP contribution in [-0.4, -0.2) is 15.5 Å². The third kappa shape index (κ3) is 3.55. The predicted molar refractivity (Wildman–Crippen MR) is 108 cm³/mol. The summed E-state index contributed by atoms with van der Waals surface area (Å²) in [5.41, 5.74) is 0.949. The van der Waals surface area contributed by atoms with E-state index in [4.69, 9.17) is 0 Å². The van der Waals surface area contributed by atoms with Crippen LogP contribution < -0.4 is 10.9 Å². The summed E-state index contributed by atoms with van der Waals surface area (Å²) >= 11 is 4.75. The van der Waals surface area contributed by atoms with Gasteiger partial charge >= 0.3 is 0 Å². The minimum Gasteiger partial charge on any atom is -0.322 e. The molecule has 0 saturated carbocycles. The summed E-state index contributed by atoms with van der Waals surface area (Å²) in [5, 5.41) is 3.13. The summed E-state index contributed by atoms with van der Waals surface area (Å²) < 4.78 is 15.8. The zero-order chi connectivity index (χ0) is 19.1.